The lowest BCUT2D eigenvalue weighted by molar-refractivity contribution is -0.144. The number of hydrogen-bond acceptors (Lipinski definition) is 7. The average molecular weight is 470 g/mol. The molecule has 0 aliphatic carbocycles. The van der Waals surface area contributed by atoms with Crippen LogP contribution >= 0.6 is 15.9 Å². The van der Waals surface area contributed by atoms with E-state index in [1.165, 1.54) is 19.4 Å². The van der Waals surface area contributed by atoms with Crippen molar-refractivity contribution in [1.29, 1.82) is 0 Å². The molecule has 1 aromatic carbocycles. The van der Waals surface area contributed by atoms with Gasteiger partial charge in [0.2, 0.25) is 5.82 Å². The molecule has 0 saturated carbocycles. The van der Waals surface area contributed by atoms with Crippen LogP contribution < -0.4 is 4.74 Å². The number of fused-ring (bicyclic) bond motifs is 1. The molecule has 0 aliphatic rings. The SMILES string of the molecule is CO/N=C/CCc1nc(C(F)(F)F)nc2cc(Br)cc(Oc3ncc(C)cn3)c12. The summed E-state index contributed by atoms with van der Waals surface area (Å²) < 4.78 is 46.1. The number of nitrogens with zero attached hydrogens (tertiary/aromatic N) is 5. The van der Waals surface area contributed by atoms with E-state index in [4.69, 9.17) is 4.74 Å². The van der Waals surface area contributed by atoms with Gasteiger partial charge >= 0.3 is 12.2 Å². The Morgan fingerprint density at radius 1 is 1.17 bits per heavy atom. The second kappa shape index (κ2) is 8.68. The summed E-state index contributed by atoms with van der Waals surface area (Å²) in [6.45, 7) is 1.82. The molecule has 7 nitrogen and oxygen atoms in total. The predicted molar refractivity (Wildman–Crippen MR) is 103 cm³/mol. The molecule has 0 fully saturated rings. The van der Waals surface area contributed by atoms with Crippen LogP contribution in [0, 0.1) is 6.92 Å². The van der Waals surface area contributed by atoms with Crippen molar-refractivity contribution in [1.82, 2.24) is 19.9 Å². The minimum absolute atomic E-state index is 0.0572. The molecule has 0 unspecified atom stereocenters. The zero-order chi connectivity index (χ0) is 21.0. The van der Waals surface area contributed by atoms with Crippen molar-refractivity contribution < 1.29 is 22.7 Å². The molecule has 11 heteroatoms. The lowest BCUT2D eigenvalue weighted by Crippen LogP contribution is -2.13. The van der Waals surface area contributed by atoms with Crippen LogP contribution in [-0.2, 0) is 17.4 Å². The monoisotopic (exact) mass is 469 g/mol. The maximum Gasteiger partial charge on any atom is 0.451 e. The predicted octanol–water partition coefficient (Wildman–Crippen LogP) is 4.87. The molecule has 29 heavy (non-hydrogen) atoms. The summed E-state index contributed by atoms with van der Waals surface area (Å²) in [5.41, 5.74) is 1.09. The second-order valence-electron chi connectivity index (χ2n) is 5.94. The molecule has 3 rings (SSSR count). The van der Waals surface area contributed by atoms with Gasteiger partial charge in [-0.15, -0.1) is 0 Å². The number of hydrogen-bond donors (Lipinski definition) is 0. The number of aromatic nitrogens is 4. The van der Waals surface area contributed by atoms with Gasteiger partial charge in [0.15, 0.2) is 0 Å². The van der Waals surface area contributed by atoms with Crippen LogP contribution in [0.5, 0.6) is 11.8 Å². The zero-order valence-electron chi connectivity index (χ0n) is 15.4. The van der Waals surface area contributed by atoms with Crippen LogP contribution in [0.15, 0.2) is 34.2 Å². The zero-order valence-corrected chi connectivity index (χ0v) is 17.0. The highest BCUT2D eigenvalue weighted by molar-refractivity contribution is 9.10. The number of oxime groups is 1. The molecule has 0 spiro atoms. The van der Waals surface area contributed by atoms with Crippen LogP contribution in [-0.4, -0.2) is 33.3 Å². The van der Waals surface area contributed by atoms with Crippen molar-refractivity contribution in [2.45, 2.75) is 25.9 Å². The fraction of sp³-hybridized carbons (Fsp3) is 0.278. The van der Waals surface area contributed by atoms with Crippen molar-refractivity contribution in [2.24, 2.45) is 5.16 Å². The van der Waals surface area contributed by atoms with Crippen LogP contribution in [0.3, 0.4) is 0 Å². The Hall–Kier alpha value is -2.82. The van der Waals surface area contributed by atoms with Gasteiger partial charge in [-0.1, -0.05) is 21.1 Å². The van der Waals surface area contributed by atoms with Crippen LogP contribution in [0.25, 0.3) is 10.9 Å². The minimum Gasteiger partial charge on any atom is -0.423 e. The molecule has 2 aromatic heterocycles. The maximum atomic E-state index is 13.3. The van der Waals surface area contributed by atoms with E-state index in [0.29, 0.717) is 16.3 Å². The van der Waals surface area contributed by atoms with E-state index < -0.39 is 12.0 Å². The Kier molecular flexibility index (Phi) is 6.26. The van der Waals surface area contributed by atoms with Gasteiger partial charge in [-0.3, -0.25) is 0 Å². The fourth-order valence-corrected chi connectivity index (χ4v) is 2.94. The van der Waals surface area contributed by atoms with Crippen molar-refractivity contribution >= 4 is 33.0 Å². The van der Waals surface area contributed by atoms with Crippen molar-refractivity contribution in [3.8, 4) is 11.8 Å². The molecule has 0 amide bonds. The first-order valence-electron chi connectivity index (χ1n) is 8.37. The Morgan fingerprint density at radius 3 is 2.55 bits per heavy atom. The summed E-state index contributed by atoms with van der Waals surface area (Å²) in [7, 11) is 1.38. The van der Waals surface area contributed by atoms with Gasteiger partial charge < -0.3 is 9.57 Å². The second-order valence-corrected chi connectivity index (χ2v) is 6.86. The van der Waals surface area contributed by atoms with Crippen LogP contribution in [0.2, 0.25) is 0 Å². The molecule has 0 N–H and O–H groups in total. The van der Waals surface area contributed by atoms with Crippen molar-refractivity contribution in [2.75, 3.05) is 7.11 Å². The number of benzene rings is 1. The molecule has 3 aromatic rings. The maximum absolute atomic E-state index is 13.3. The van der Waals surface area contributed by atoms with Crippen LogP contribution in [0.4, 0.5) is 13.2 Å². The summed E-state index contributed by atoms with van der Waals surface area (Å²) >= 11 is 3.28. The summed E-state index contributed by atoms with van der Waals surface area (Å²) in [6, 6.07) is 3.14. The molecule has 2 heterocycles. The highest BCUT2D eigenvalue weighted by Crippen LogP contribution is 2.36. The van der Waals surface area contributed by atoms with Gasteiger partial charge in [0, 0.05) is 23.1 Å². The molecule has 152 valence electrons. The first-order valence-corrected chi connectivity index (χ1v) is 9.16. The largest absolute Gasteiger partial charge is 0.451 e. The summed E-state index contributed by atoms with van der Waals surface area (Å²) in [5.74, 6) is -0.982. The lowest BCUT2D eigenvalue weighted by Gasteiger charge is -2.14. The minimum atomic E-state index is -4.69. The smallest absolute Gasteiger partial charge is 0.423 e. The fourth-order valence-electron chi connectivity index (χ4n) is 2.52. The van der Waals surface area contributed by atoms with Gasteiger partial charge in [-0.2, -0.15) is 13.2 Å². The van der Waals surface area contributed by atoms with E-state index in [-0.39, 0.29) is 29.4 Å². The number of aryl methyl sites for hydroxylation is 2. The number of alkyl halides is 3. The number of halogens is 4. The van der Waals surface area contributed by atoms with Crippen molar-refractivity contribution in [3.05, 3.63) is 46.1 Å². The third-order valence-electron chi connectivity index (χ3n) is 3.70. The highest BCUT2D eigenvalue weighted by Gasteiger charge is 2.36. The average Bonchev–Trinajstić information content (AvgIpc) is 2.65. The third kappa shape index (κ3) is 5.17. The Morgan fingerprint density at radius 2 is 1.90 bits per heavy atom. The molecule has 0 aliphatic heterocycles. The van der Waals surface area contributed by atoms with Gasteiger partial charge in [0.1, 0.15) is 12.9 Å². The Balaban J connectivity index is 2.14. The van der Waals surface area contributed by atoms with Gasteiger partial charge in [-0.05, 0) is 37.5 Å². The molecule has 0 bridgehead atoms. The Labute approximate surface area is 172 Å². The standard InChI is InChI=1S/C18H15BrF3N5O2/c1-10-8-23-17(24-9-10)29-14-7-11(19)6-13-15(14)12(4-3-5-25-28-2)26-16(27-13)18(20,21)22/h5-9H,3-4H2,1-2H3/b25-5+. The number of rotatable bonds is 6. The van der Waals surface area contributed by atoms with E-state index in [2.05, 4.69) is 45.9 Å². The number of ether oxygens (including phenoxy) is 1. The highest BCUT2D eigenvalue weighted by atomic mass is 79.9. The van der Waals surface area contributed by atoms with Crippen molar-refractivity contribution in [3.63, 3.8) is 0 Å². The van der Waals surface area contributed by atoms with Gasteiger partial charge in [0.25, 0.3) is 0 Å². The quantitative estimate of drug-likeness (QED) is 0.378. The molecular weight excluding hydrogens is 455 g/mol. The van der Waals surface area contributed by atoms with E-state index in [1.807, 2.05) is 6.92 Å². The first-order chi connectivity index (χ1) is 13.8. The van der Waals surface area contributed by atoms with E-state index in [0.717, 1.165) is 5.56 Å². The van der Waals surface area contributed by atoms with E-state index >= 15 is 0 Å². The third-order valence-corrected chi connectivity index (χ3v) is 4.16. The van der Waals surface area contributed by atoms with Crippen LogP contribution in [0.1, 0.15) is 23.5 Å². The summed E-state index contributed by atoms with van der Waals surface area (Å²) in [4.78, 5) is 20.2. The summed E-state index contributed by atoms with van der Waals surface area (Å²) in [5, 5.41) is 3.94. The first kappa shape index (κ1) is 20.9. The summed E-state index contributed by atoms with van der Waals surface area (Å²) in [6.07, 6.45) is 0.387. The molecular formula is C18H15BrF3N5O2. The molecule has 0 atom stereocenters. The Bertz CT molecular complexity index is 1040. The molecule has 0 radical (unpaired) electrons. The van der Waals surface area contributed by atoms with E-state index in [9.17, 15) is 13.2 Å². The topological polar surface area (TPSA) is 82.4 Å². The van der Waals surface area contributed by atoms with Gasteiger partial charge in [-0.25, -0.2) is 19.9 Å². The molecule has 0 saturated heterocycles. The lowest BCUT2D eigenvalue weighted by atomic mass is 10.1. The van der Waals surface area contributed by atoms with E-state index in [1.54, 1.807) is 18.5 Å². The van der Waals surface area contributed by atoms with Gasteiger partial charge in [0.05, 0.1) is 16.6 Å². The normalized spacial score (nSPS) is 11.9.